The maximum Gasteiger partial charge on any atom is 0.264 e. The fourth-order valence-corrected chi connectivity index (χ4v) is 7.46. The summed E-state index contributed by atoms with van der Waals surface area (Å²) in [7, 11) is -2.68. The van der Waals surface area contributed by atoms with Crippen molar-refractivity contribution in [2.75, 3.05) is 18.0 Å². The van der Waals surface area contributed by atoms with Crippen molar-refractivity contribution in [2.45, 2.75) is 69.5 Å². The second kappa shape index (κ2) is 15.3. The van der Waals surface area contributed by atoms with Crippen molar-refractivity contribution < 1.29 is 22.7 Å². The predicted molar refractivity (Wildman–Crippen MR) is 185 cm³/mol. The Balaban J connectivity index is 1.56. The topological polar surface area (TPSA) is 96.0 Å². The maximum atomic E-state index is 14.7. The molecule has 0 heterocycles. The Morgan fingerprint density at radius 3 is 2.13 bits per heavy atom. The molecule has 1 aliphatic rings. The Bertz CT molecular complexity index is 1750. The number of carbonyl (C=O) groups excluding carboxylic acids is 2. The third-order valence-electron chi connectivity index (χ3n) is 8.66. The molecule has 0 bridgehead atoms. The Morgan fingerprint density at radius 2 is 1.49 bits per heavy atom. The van der Waals surface area contributed by atoms with Crippen molar-refractivity contribution in [2.24, 2.45) is 0 Å². The lowest BCUT2D eigenvalue weighted by molar-refractivity contribution is -0.140. The average Bonchev–Trinajstić information content (AvgIpc) is 3.59. The number of amides is 2. The van der Waals surface area contributed by atoms with Crippen LogP contribution in [0.2, 0.25) is 0 Å². The second-order valence-corrected chi connectivity index (χ2v) is 14.1. The summed E-state index contributed by atoms with van der Waals surface area (Å²) in [6.45, 7) is 3.54. The molecule has 0 aliphatic heterocycles. The molecule has 0 aromatic heterocycles. The van der Waals surface area contributed by atoms with Gasteiger partial charge in [0.05, 0.1) is 17.7 Å². The average molecular weight is 654 g/mol. The van der Waals surface area contributed by atoms with Crippen molar-refractivity contribution in [1.82, 2.24) is 10.2 Å². The zero-order valence-corrected chi connectivity index (χ0v) is 28.1. The van der Waals surface area contributed by atoms with Crippen LogP contribution in [0.3, 0.4) is 0 Å². The third kappa shape index (κ3) is 8.60. The molecule has 4 aromatic carbocycles. The number of anilines is 1. The Labute approximate surface area is 278 Å². The van der Waals surface area contributed by atoms with E-state index >= 15 is 0 Å². The highest BCUT2D eigenvalue weighted by molar-refractivity contribution is 7.92. The number of methoxy groups -OCH3 is 1. The third-order valence-corrected chi connectivity index (χ3v) is 10.4. The molecule has 1 N–H and O–H groups in total. The molecule has 246 valence electrons. The van der Waals surface area contributed by atoms with Gasteiger partial charge in [0.2, 0.25) is 11.8 Å². The molecule has 0 radical (unpaired) electrons. The Hall–Kier alpha value is -4.63. The largest absolute Gasteiger partial charge is 0.497 e. The van der Waals surface area contributed by atoms with E-state index in [0.29, 0.717) is 11.4 Å². The van der Waals surface area contributed by atoms with E-state index in [2.05, 4.69) is 5.32 Å². The maximum absolute atomic E-state index is 14.7. The number of hydrogen-bond acceptors (Lipinski definition) is 5. The fourth-order valence-electron chi connectivity index (χ4n) is 6.04. The minimum absolute atomic E-state index is 0.0247. The highest BCUT2D eigenvalue weighted by atomic mass is 32.2. The molecule has 1 atom stereocenters. The lowest BCUT2D eigenvalue weighted by Crippen LogP contribution is -2.54. The first-order valence-electron chi connectivity index (χ1n) is 16.1. The molecule has 1 saturated carbocycles. The van der Waals surface area contributed by atoms with E-state index in [-0.39, 0.29) is 29.8 Å². The van der Waals surface area contributed by atoms with E-state index in [4.69, 9.17) is 4.74 Å². The molecule has 1 fully saturated rings. The van der Waals surface area contributed by atoms with Gasteiger partial charge < -0.3 is 15.0 Å². The summed E-state index contributed by atoms with van der Waals surface area (Å²) < 4.78 is 34.8. The molecule has 5 rings (SSSR count). The van der Waals surface area contributed by atoms with Crippen LogP contribution in [0.5, 0.6) is 5.75 Å². The number of hydrogen-bond donors (Lipinski definition) is 1. The van der Waals surface area contributed by atoms with Crippen molar-refractivity contribution in [3.63, 3.8) is 0 Å². The summed E-state index contributed by atoms with van der Waals surface area (Å²) >= 11 is 0. The van der Waals surface area contributed by atoms with Crippen molar-refractivity contribution in [3.8, 4) is 5.75 Å². The van der Waals surface area contributed by atoms with E-state index < -0.39 is 28.5 Å². The zero-order valence-electron chi connectivity index (χ0n) is 27.3. The van der Waals surface area contributed by atoms with Gasteiger partial charge in [-0.1, -0.05) is 90.7 Å². The molecule has 0 saturated heterocycles. The van der Waals surface area contributed by atoms with Gasteiger partial charge in [-0.3, -0.25) is 13.9 Å². The van der Waals surface area contributed by atoms with Gasteiger partial charge >= 0.3 is 0 Å². The molecule has 9 heteroatoms. The number of sulfonamides is 1. The number of nitrogens with one attached hydrogen (secondary N) is 1. The van der Waals surface area contributed by atoms with Crippen LogP contribution in [0, 0.1) is 13.8 Å². The van der Waals surface area contributed by atoms with Gasteiger partial charge in [0.25, 0.3) is 10.0 Å². The number of nitrogens with zero attached hydrogens (tertiary/aromatic N) is 2. The molecule has 0 spiro atoms. The normalized spacial score (nSPS) is 13.9. The van der Waals surface area contributed by atoms with E-state index in [1.807, 2.05) is 80.6 Å². The SMILES string of the molecule is COc1ccc(S(=O)(=O)N(CC(=O)N(Cc2cccc(C)c2)[C@H](Cc2ccccc2)C(=O)NC2CCCC2)c2ccc(C)cc2)cc1. The van der Waals surface area contributed by atoms with E-state index in [1.54, 1.807) is 29.2 Å². The molecular formula is C38H43N3O5S. The van der Waals surface area contributed by atoms with Gasteiger partial charge in [0.1, 0.15) is 18.3 Å². The Kier molecular flexibility index (Phi) is 11.0. The van der Waals surface area contributed by atoms with Crippen LogP contribution in [0.1, 0.15) is 47.9 Å². The standard InChI is InChI=1S/C38H43N3O5S/c1-28-16-18-33(19-17-28)41(47(44,45)35-22-20-34(46-3)21-23-35)27-37(42)40(26-31-13-9-10-29(2)24-31)36(25-30-11-5-4-6-12-30)38(43)39-32-14-7-8-15-32/h4-6,9-13,16-24,32,36H,7-8,14-15,25-27H2,1-3H3,(H,39,43)/t36-/m1/s1. The number of benzene rings is 4. The van der Waals surface area contributed by atoms with Crippen LogP contribution in [-0.2, 0) is 32.6 Å². The van der Waals surface area contributed by atoms with Crippen LogP contribution in [0.25, 0.3) is 0 Å². The van der Waals surface area contributed by atoms with E-state index in [9.17, 15) is 18.0 Å². The van der Waals surface area contributed by atoms with Crippen LogP contribution in [-0.4, -0.2) is 50.9 Å². The lowest BCUT2D eigenvalue weighted by atomic mass is 10.0. The minimum atomic E-state index is -4.19. The smallest absolute Gasteiger partial charge is 0.264 e. The first kappa shape index (κ1) is 33.7. The summed E-state index contributed by atoms with van der Waals surface area (Å²) in [6, 6.07) is 29.7. The molecular weight excluding hydrogens is 611 g/mol. The quantitative estimate of drug-likeness (QED) is 0.185. The number of aryl methyl sites for hydroxylation is 2. The molecule has 8 nitrogen and oxygen atoms in total. The second-order valence-electron chi connectivity index (χ2n) is 12.2. The molecule has 2 amide bonds. The molecule has 47 heavy (non-hydrogen) atoms. The lowest BCUT2D eigenvalue weighted by Gasteiger charge is -2.34. The number of rotatable bonds is 13. The first-order valence-corrected chi connectivity index (χ1v) is 17.5. The fraction of sp³-hybridized carbons (Fsp3) is 0.316. The number of carbonyl (C=O) groups is 2. The Morgan fingerprint density at radius 1 is 0.830 bits per heavy atom. The van der Waals surface area contributed by atoms with Crippen LogP contribution >= 0.6 is 0 Å². The van der Waals surface area contributed by atoms with Gasteiger partial charge in [0, 0.05) is 19.0 Å². The summed E-state index contributed by atoms with van der Waals surface area (Å²) in [4.78, 5) is 30.4. The number of ether oxygens (including phenoxy) is 1. The van der Waals surface area contributed by atoms with Gasteiger partial charge in [-0.05, 0) is 74.2 Å². The summed E-state index contributed by atoms with van der Waals surface area (Å²) in [5.74, 6) is -0.198. The van der Waals surface area contributed by atoms with E-state index in [1.165, 1.54) is 19.2 Å². The molecule has 0 unspecified atom stereocenters. The predicted octanol–water partition coefficient (Wildman–Crippen LogP) is 6.21. The van der Waals surface area contributed by atoms with Crippen molar-refractivity contribution in [3.05, 3.63) is 125 Å². The summed E-state index contributed by atoms with van der Waals surface area (Å²) in [5.41, 5.74) is 4.08. The highest BCUT2D eigenvalue weighted by Gasteiger charge is 2.35. The first-order chi connectivity index (χ1) is 22.6. The van der Waals surface area contributed by atoms with Crippen LogP contribution in [0.4, 0.5) is 5.69 Å². The van der Waals surface area contributed by atoms with Gasteiger partial charge in [0.15, 0.2) is 0 Å². The van der Waals surface area contributed by atoms with Crippen molar-refractivity contribution in [1.29, 1.82) is 0 Å². The van der Waals surface area contributed by atoms with Gasteiger partial charge in [-0.15, -0.1) is 0 Å². The minimum Gasteiger partial charge on any atom is -0.497 e. The summed E-state index contributed by atoms with van der Waals surface area (Å²) in [5, 5.41) is 3.21. The van der Waals surface area contributed by atoms with Crippen molar-refractivity contribution >= 4 is 27.5 Å². The highest BCUT2D eigenvalue weighted by Crippen LogP contribution is 2.27. The van der Waals surface area contributed by atoms with Gasteiger partial charge in [-0.2, -0.15) is 0 Å². The van der Waals surface area contributed by atoms with E-state index in [0.717, 1.165) is 52.2 Å². The van der Waals surface area contributed by atoms with Crippen LogP contribution < -0.4 is 14.4 Å². The zero-order chi connectivity index (χ0) is 33.4. The summed E-state index contributed by atoms with van der Waals surface area (Å²) in [6.07, 6.45) is 4.19. The molecule has 1 aliphatic carbocycles. The monoisotopic (exact) mass is 653 g/mol. The molecule has 4 aromatic rings. The van der Waals surface area contributed by atoms with Crippen LogP contribution in [0.15, 0.2) is 108 Å². The van der Waals surface area contributed by atoms with Gasteiger partial charge in [-0.25, -0.2) is 8.42 Å².